The highest BCUT2D eigenvalue weighted by Gasteiger charge is 2.14. The highest BCUT2D eigenvalue weighted by molar-refractivity contribution is 5.75. The van der Waals surface area contributed by atoms with Crippen LogP contribution in [0.25, 0.3) is 0 Å². The van der Waals surface area contributed by atoms with Crippen LogP contribution in [0.2, 0.25) is 0 Å². The molecule has 4 nitrogen and oxygen atoms in total. The minimum Gasteiger partial charge on any atom is -0.393 e. The maximum atomic E-state index is 11.9. The molecule has 166 valence electrons. The maximum Gasteiger partial charge on any atom is 0.224 e. The normalized spacial score (nSPS) is 13.2. The lowest BCUT2D eigenvalue weighted by molar-refractivity contribution is -0.892. The number of carbonyl (C=O) groups is 1. The second-order valence-electron chi connectivity index (χ2n) is 8.93. The summed E-state index contributed by atoms with van der Waals surface area (Å²) in [6.07, 6.45) is 19.5. The van der Waals surface area contributed by atoms with E-state index in [9.17, 15) is 9.90 Å². The Hall–Kier alpha value is -0.870. The van der Waals surface area contributed by atoms with Gasteiger partial charge in [0.2, 0.25) is 5.91 Å². The highest BCUT2D eigenvalue weighted by Crippen LogP contribution is 2.10. The number of nitrogens with one attached hydrogen (secondary N) is 1. The Kier molecular flexibility index (Phi) is 17.6. The molecule has 0 bridgehead atoms. The summed E-state index contributed by atoms with van der Waals surface area (Å²) in [5.41, 5.74) is 0. The van der Waals surface area contributed by atoms with Crippen molar-refractivity contribution >= 4 is 5.91 Å². The SMILES string of the molecule is CCCCCCC(O)C/C=C\CCCCCCCC(=O)NC[N+](C)(C)CCC. The quantitative estimate of drug-likeness (QED) is 0.130. The number of aliphatic hydroxyl groups excluding tert-OH is 1. The zero-order valence-electron chi connectivity index (χ0n) is 19.3. The van der Waals surface area contributed by atoms with Crippen LogP contribution < -0.4 is 5.32 Å². The van der Waals surface area contributed by atoms with Crippen LogP contribution in [0.15, 0.2) is 12.2 Å². The van der Waals surface area contributed by atoms with E-state index in [0.717, 1.165) is 62.6 Å². The summed E-state index contributed by atoms with van der Waals surface area (Å²) >= 11 is 0. The fourth-order valence-corrected chi connectivity index (χ4v) is 3.45. The van der Waals surface area contributed by atoms with Gasteiger partial charge in [-0.1, -0.05) is 70.9 Å². The molecule has 2 N–H and O–H groups in total. The van der Waals surface area contributed by atoms with E-state index >= 15 is 0 Å². The number of hydrogen-bond acceptors (Lipinski definition) is 2. The molecule has 1 atom stereocenters. The number of hydrogen-bond donors (Lipinski definition) is 2. The lowest BCUT2D eigenvalue weighted by Crippen LogP contribution is -2.48. The van der Waals surface area contributed by atoms with E-state index in [1.165, 1.54) is 38.5 Å². The second kappa shape index (κ2) is 18.2. The maximum absolute atomic E-state index is 11.9. The minimum atomic E-state index is -0.161. The summed E-state index contributed by atoms with van der Waals surface area (Å²) in [5, 5.41) is 13.0. The van der Waals surface area contributed by atoms with Crippen LogP contribution in [0.3, 0.4) is 0 Å². The van der Waals surface area contributed by atoms with Crippen LogP contribution in [0, 0.1) is 0 Å². The molecule has 0 aliphatic carbocycles. The number of carbonyl (C=O) groups excluding carboxylic acids is 1. The fraction of sp³-hybridized carbons (Fsp3) is 0.875. The molecule has 1 unspecified atom stereocenters. The van der Waals surface area contributed by atoms with E-state index in [2.05, 4.69) is 45.4 Å². The Morgan fingerprint density at radius 3 is 2.32 bits per heavy atom. The van der Waals surface area contributed by atoms with Gasteiger partial charge in [-0.3, -0.25) is 4.79 Å². The summed E-state index contributed by atoms with van der Waals surface area (Å²) in [5.74, 6) is 0.193. The predicted molar refractivity (Wildman–Crippen MR) is 121 cm³/mol. The van der Waals surface area contributed by atoms with Crippen molar-refractivity contribution in [1.82, 2.24) is 5.32 Å². The van der Waals surface area contributed by atoms with E-state index in [1.54, 1.807) is 0 Å². The van der Waals surface area contributed by atoms with E-state index in [4.69, 9.17) is 0 Å². The molecule has 1 amide bonds. The molecule has 28 heavy (non-hydrogen) atoms. The van der Waals surface area contributed by atoms with Crippen LogP contribution >= 0.6 is 0 Å². The van der Waals surface area contributed by atoms with E-state index in [1.807, 2.05) is 0 Å². The van der Waals surface area contributed by atoms with E-state index < -0.39 is 0 Å². The third-order valence-electron chi connectivity index (χ3n) is 5.27. The Labute approximate surface area is 175 Å². The van der Waals surface area contributed by atoms with Gasteiger partial charge < -0.3 is 14.9 Å². The van der Waals surface area contributed by atoms with Gasteiger partial charge in [0.1, 0.15) is 0 Å². The molecule has 0 saturated heterocycles. The molecule has 0 fully saturated rings. The smallest absolute Gasteiger partial charge is 0.224 e. The third kappa shape index (κ3) is 18.5. The summed E-state index contributed by atoms with van der Waals surface area (Å²) in [4.78, 5) is 11.9. The lowest BCUT2D eigenvalue weighted by Gasteiger charge is -2.29. The molecule has 0 rings (SSSR count). The van der Waals surface area contributed by atoms with Crippen molar-refractivity contribution in [2.75, 3.05) is 27.3 Å². The van der Waals surface area contributed by atoms with Crippen molar-refractivity contribution < 1.29 is 14.4 Å². The van der Waals surface area contributed by atoms with Crippen LogP contribution in [-0.2, 0) is 4.79 Å². The van der Waals surface area contributed by atoms with Crippen molar-refractivity contribution in [3.63, 3.8) is 0 Å². The van der Waals surface area contributed by atoms with Crippen molar-refractivity contribution in [1.29, 1.82) is 0 Å². The standard InChI is InChI=1S/C24H48N2O2/c1-5-7-8-15-18-23(27)19-16-13-11-9-10-12-14-17-20-24(28)25-22-26(3,4)21-6-2/h13,16,23,27H,5-12,14-15,17-22H2,1-4H3/p+1/b16-13-. The summed E-state index contributed by atoms with van der Waals surface area (Å²) in [7, 11) is 4.32. The topological polar surface area (TPSA) is 49.3 Å². The van der Waals surface area contributed by atoms with Gasteiger partial charge in [-0.2, -0.15) is 0 Å². The fourth-order valence-electron chi connectivity index (χ4n) is 3.45. The molecular weight excluding hydrogens is 348 g/mol. The Bertz CT molecular complexity index is 394. The van der Waals surface area contributed by atoms with Crippen molar-refractivity contribution in [3.8, 4) is 0 Å². The highest BCUT2D eigenvalue weighted by atomic mass is 16.3. The number of nitrogens with zero attached hydrogens (tertiary/aromatic N) is 1. The van der Waals surface area contributed by atoms with Gasteiger partial charge in [0.25, 0.3) is 0 Å². The van der Waals surface area contributed by atoms with Crippen molar-refractivity contribution in [3.05, 3.63) is 12.2 Å². The predicted octanol–water partition coefficient (Wildman–Crippen LogP) is 5.55. The Morgan fingerprint density at radius 2 is 1.61 bits per heavy atom. The molecule has 0 heterocycles. The molecule has 0 aromatic heterocycles. The van der Waals surface area contributed by atoms with Gasteiger partial charge in [-0.05, 0) is 38.5 Å². The van der Waals surface area contributed by atoms with Crippen molar-refractivity contribution in [2.24, 2.45) is 0 Å². The molecule has 0 aliphatic rings. The monoisotopic (exact) mass is 397 g/mol. The summed E-state index contributed by atoms with van der Waals surface area (Å²) in [6.45, 7) is 6.21. The molecule has 0 radical (unpaired) electrons. The zero-order valence-corrected chi connectivity index (χ0v) is 19.3. The minimum absolute atomic E-state index is 0.161. The second-order valence-corrected chi connectivity index (χ2v) is 8.93. The first-order valence-corrected chi connectivity index (χ1v) is 11.8. The van der Waals surface area contributed by atoms with Crippen LogP contribution in [0.5, 0.6) is 0 Å². The number of rotatable bonds is 19. The zero-order chi connectivity index (χ0) is 21.1. The van der Waals surface area contributed by atoms with Crippen molar-refractivity contribution in [2.45, 2.75) is 110 Å². The first-order chi connectivity index (χ1) is 13.4. The van der Waals surface area contributed by atoms with Crippen LogP contribution in [0.4, 0.5) is 0 Å². The summed E-state index contributed by atoms with van der Waals surface area (Å²) in [6, 6.07) is 0. The molecule has 0 aromatic rings. The van der Waals surface area contributed by atoms with Gasteiger partial charge >= 0.3 is 0 Å². The molecular formula is C24H49N2O2+. The Morgan fingerprint density at radius 1 is 0.929 bits per heavy atom. The van der Waals surface area contributed by atoms with E-state index in [0.29, 0.717) is 6.42 Å². The average Bonchev–Trinajstić information content (AvgIpc) is 2.65. The molecule has 0 saturated carbocycles. The van der Waals surface area contributed by atoms with Crippen LogP contribution in [0.1, 0.15) is 104 Å². The first kappa shape index (κ1) is 27.1. The third-order valence-corrected chi connectivity index (χ3v) is 5.27. The number of quaternary nitrogens is 1. The van der Waals surface area contributed by atoms with Gasteiger partial charge in [0.15, 0.2) is 6.67 Å². The molecule has 4 heteroatoms. The van der Waals surface area contributed by atoms with Gasteiger partial charge in [0.05, 0.1) is 26.7 Å². The summed E-state index contributed by atoms with van der Waals surface area (Å²) < 4.78 is 0.853. The lowest BCUT2D eigenvalue weighted by atomic mass is 10.1. The molecule has 0 aliphatic heterocycles. The first-order valence-electron chi connectivity index (χ1n) is 11.8. The Balaban J connectivity index is 3.46. The largest absolute Gasteiger partial charge is 0.393 e. The van der Waals surface area contributed by atoms with Gasteiger partial charge in [-0.25, -0.2) is 0 Å². The molecule has 0 spiro atoms. The number of allylic oxidation sites excluding steroid dienone is 1. The van der Waals surface area contributed by atoms with Crippen LogP contribution in [-0.4, -0.2) is 48.9 Å². The number of aliphatic hydroxyl groups is 1. The average molecular weight is 398 g/mol. The molecule has 0 aromatic carbocycles. The number of amides is 1. The van der Waals surface area contributed by atoms with E-state index in [-0.39, 0.29) is 12.0 Å². The number of unbranched alkanes of at least 4 members (excludes halogenated alkanes) is 8. The van der Waals surface area contributed by atoms with Gasteiger partial charge in [-0.15, -0.1) is 0 Å². The van der Waals surface area contributed by atoms with Gasteiger partial charge in [0, 0.05) is 6.42 Å².